The second-order valence-electron chi connectivity index (χ2n) is 4.34. The van der Waals surface area contributed by atoms with E-state index < -0.39 is 17.4 Å². The molecule has 1 rings (SSSR count). The van der Waals surface area contributed by atoms with Crippen molar-refractivity contribution in [3.05, 3.63) is 35.9 Å². The number of hydrogen-bond acceptors (Lipinski definition) is 2. The minimum absolute atomic E-state index is 0. The summed E-state index contributed by atoms with van der Waals surface area (Å²) in [6.45, 7) is 1.99. The molecule has 102 valence electrons. The van der Waals surface area contributed by atoms with Crippen LogP contribution in [-0.4, -0.2) is 45.2 Å². The molecule has 5 heteroatoms. The second kappa shape index (κ2) is 8.17. The number of aliphatic carboxylic acids is 2. The quantitative estimate of drug-likeness (QED) is 0.456. The Balaban J connectivity index is -0.00000108. The summed E-state index contributed by atoms with van der Waals surface area (Å²) in [5.74, 6) is -2.59. The van der Waals surface area contributed by atoms with Crippen molar-refractivity contribution in [3.8, 4) is 0 Å². The molecule has 0 saturated carbocycles. The van der Waals surface area contributed by atoms with Crippen LogP contribution in [0.2, 0.25) is 0 Å². The number of benzene rings is 1. The molecule has 0 radical (unpaired) electrons. The smallest absolute Gasteiger partial charge is 1.00 e. The molecule has 19 heavy (non-hydrogen) atoms. The fourth-order valence-electron chi connectivity index (χ4n) is 2.06. The summed E-state index contributed by atoms with van der Waals surface area (Å²) < 4.78 is 0. The van der Waals surface area contributed by atoms with E-state index >= 15 is 0 Å². The first-order chi connectivity index (χ1) is 8.55. The first kappa shape index (κ1) is 17.9. The van der Waals surface area contributed by atoms with Crippen molar-refractivity contribution in [3.63, 3.8) is 0 Å². The number of unbranched alkanes of at least 4 members (excludes halogenated alkanes) is 2. The van der Waals surface area contributed by atoms with E-state index in [1.54, 1.807) is 30.3 Å². The van der Waals surface area contributed by atoms with Crippen molar-refractivity contribution in [2.45, 2.75) is 38.0 Å². The maximum Gasteiger partial charge on any atom is 2.00 e. The summed E-state index contributed by atoms with van der Waals surface area (Å²) in [5, 5.41) is 18.7. The van der Waals surface area contributed by atoms with E-state index in [2.05, 4.69) is 0 Å². The monoisotopic (exact) mass is 276 g/mol. The van der Waals surface area contributed by atoms with Gasteiger partial charge >= 0.3 is 35.0 Å². The third-order valence-electron chi connectivity index (χ3n) is 3.15. The van der Waals surface area contributed by atoms with Crippen LogP contribution in [-0.2, 0) is 15.0 Å². The molecule has 0 amide bonds. The summed E-state index contributed by atoms with van der Waals surface area (Å²) >= 11 is 0. The summed E-state index contributed by atoms with van der Waals surface area (Å²) in [7, 11) is 0. The van der Waals surface area contributed by atoms with Crippen molar-refractivity contribution < 1.29 is 22.7 Å². The molecule has 1 aromatic carbocycles. The van der Waals surface area contributed by atoms with Gasteiger partial charge < -0.3 is 13.1 Å². The predicted octanol–water partition coefficient (Wildman–Crippen LogP) is 2.52. The van der Waals surface area contributed by atoms with Crippen LogP contribution in [0.5, 0.6) is 0 Å². The Labute approximate surface area is 132 Å². The van der Waals surface area contributed by atoms with Crippen LogP contribution < -0.4 is 0 Å². The third kappa shape index (κ3) is 3.94. The van der Waals surface area contributed by atoms with E-state index in [1.165, 1.54) is 0 Å². The van der Waals surface area contributed by atoms with E-state index in [0.717, 1.165) is 12.8 Å². The molecule has 0 spiro atoms. The van der Waals surface area contributed by atoms with Crippen molar-refractivity contribution >= 4 is 35.0 Å². The van der Waals surface area contributed by atoms with Crippen molar-refractivity contribution in [1.82, 2.24) is 0 Å². The van der Waals surface area contributed by atoms with Gasteiger partial charge in [-0.25, -0.2) is 0 Å². The minimum atomic E-state index is -1.82. The van der Waals surface area contributed by atoms with Gasteiger partial charge in [0.05, 0.1) is 0 Å². The van der Waals surface area contributed by atoms with E-state index in [-0.39, 0.29) is 32.3 Å². The zero-order valence-corrected chi connectivity index (χ0v) is 12.5. The number of carboxylic acids is 2. The standard InChI is InChI=1S/C14H18O4.Mg.2H/c1-2-3-7-10-14(12(15)16,13(17)18)11-8-5-4-6-9-11;;;/h4-6,8-9H,2-3,7,10H2,1H3,(H,15,16)(H,17,18);;;/q;+2;2*-1. The van der Waals surface area contributed by atoms with Gasteiger partial charge in [-0.15, -0.1) is 0 Å². The Hall–Kier alpha value is -1.07. The molecule has 0 atom stereocenters. The molecule has 2 N–H and O–H groups in total. The molecule has 0 saturated heterocycles. The number of carboxylic acid groups (broad SMARTS) is 2. The average Bonchev–Trinajstić information content (AvgIpc) is 2.35. The number of hydrogen-bond donors (Lipinski definition) is 2. The van der Waals surface area contributed by atoms with Crippen LogP contribution in [0.4, 0.5) is 0 Å². The van der Waals surface area contributed by atoms with E-state index in [9.17, 15) is 19.8 Å². The minimum Gasteiger partial charge on any atom is -1.00 e. The fourth-order valence-corrected chi connectivity index (χ4v) is 2.06. The zero-order chi connectivity index (χ0) is 13.6. The van der Waals surface area contributed by atoms with Gasteiger partial charge in [0.2, 0.25) is 0 Å². The van der Waals surface area contributed by atoms with Crippen LogP contribution in [0.1, 0.15) is 41.0 Å². The first-order valence-electron chi connectivity index (χ1n) is 6.08. The molecule has 0 bridgehead atoms. The van der Waals surface area contributed by atoms with E-state index in [1.807, 2.05) is 6.92 Å². The van der Waals surface area contributed by atoms with Gasteiger partial charge in [-0.2, -0.15) is 0 Å². The number of carbonyl (C=O) groups is 2. The van der Waals surface area contributed by atoms with Crippen molar-refractivity contribution in [2.75, 3.05) is 0 Å². The predicted molar refractivity (Wildman–Crippen MR) is 75.5 cm³/mol. The van der Waals surface area contributed by atoms with Crippen LogP contribution in [0, 0.1) is 0 Å². The Morgan fingerprint density at radius 3 is 2.05 bits per heavy atom. The van der Waals surface area contributed by atoms with Crippen LogP contribution in [0.3, 0.4) is 0 Å². The molecule has 0 fully saturated rings. The van der Waals surface area contributed by atoms with Crippen LogP contribution in [0.25, 0.3) is 0 Å². The molecule has 0 aromatic heterocycles. The van der Waals surface area contributed by atoms with Crippen molar-refractivity contribution in [1.29, 1.82) is 0 Å². The van der Waals surface area contributed by atoms with Gasteiger partial charge in [-0.05, 0) is 12.0 Å². The summed E-state index contributed by atoms with van der Waals surface area (Å²) in [6.07, 6.45) is 2.46. The van der Waals surface area contributed by atoms with Gasteiger partial charge in [0.25, 0.3) is 0 Å². The second-order valence-corrected chi connectivity index (χ2v) is 4.34. The zero-order valence-electron chi connectivity index (χ0n) is 13.1. The maximum absolute atomic E-state index is 11.5. The molecule has 4 nitrogen and oxygen atoms in total. The van der Waals surface area contributed by atoms with Gasteiger partial charge in [-0.3, -0.25) is 9.59 Å². The topological polar surface area (TPSA) is 74.6 Å². The van der Waals surface area contributed by atoms with Crippen LogP contribution in [0.15, 0.2) is 30.3 Å². The third-order valence-corrected chi connectivity index (χ3v) is 3.15. The average molecular weight is 277 g/mol. The number of rotatable bonds is 7. The SMILES string of the molecule is CCCCCC(C(=O)O)(C(=O)O)c1ccccc1.[H-].[H-].[Mg+2]. The van der Waals surface area contributed by atoms with E-state index in [4.69, 9.17) is 0 Å². The fraction of sp³-hybridized carbons (Fsp3) is 0.429. The molecule has 1 aromatic rings. The summed E-state index contributed by atoms with van der Waals surface area (Å²) in [4.78, 5) is 23.0. The Morgan fingerprint density at radius 1 is 1.11 bits per heavy atom. The maximum atomic E-state index is 11.5. The van der Waals surface area contributed by atoms with Gasteiger partial charge in [0.1, 0.15) is 0 Å². The molecule has 0 unspecified atom stereocenters. The van der Waals surface area contributed by atoms with Crippen LogP contribution >= 0.6 is 0 Å². The van der Waals surface area contributed by atoms with Crippen molar-refractivity contribution in [2.24, 2.45) is 0 Å². The Morgan fingerprint density at radius 2 is 1.63 bits per heavy atom. The van der Waals surface area contributed by atoms with Gasteiger partial charge in [0.15, 0.2) is 5.41 Å². The first-order valence-corrected chi connectivity index (χ1v) is 6.08. The molecule has 0 heterocycles. The van der Waals surface area contributed by atoms with Gasteiger partial charge in [0, 0.05) is 0 Å². The largest absolute Gasteiger partial charge is 2.00 e. The Kier molecular flexibility index (Phi) is 7.71. The molecular formula is C14H20MgO4. The summed E-state index contributed by atoms with van der Waals surface area (Å²) in [5.41, 5.74) is -1.49. The molecular weight excluding hydrogens is 256 g/mol. The molecule has 0 aliphatic heterocycles. The Bertz CT molecular complexity index is 412. The molecule has 0 aliphatic carbocycles. The summed E-state index contributed by atoms with van der Waals surface area (Å²) in [6, 6.07) is 8.19. The van der Waals surface area contributed by atoms with E-state index in [0.29, 0.717) is 12.0 Å². The van der Waals surface area contributed by atoms with Gasteiger partial charge in [-0.1, -0.05) is 56.5 Å². The normalized spacial score (nSPS) is 10.6. The molecule has 0 aliphatic rings.